The first-order chi connectivity index (χ1) is 7.04. The van der Waals surface area contributed by atoms with Crippen molar-refractivity contribution in [3.63, 3.8) is 0 Å². The molecule has 0 unspecified atom stereocenters. The summed E-state index contributed by atoms with van der Waals surface area (Å²) in [6.07, 6.45) is 0.211. The average Bonchev–Trinajstić information content (AvgIpc) is 2.46. The maximum atomic E-state index is 10.5. The van der Waals surface area contributed by atoms with E-state index in [4.69, 9.17) is 9.52 Å². The fourth-order valence-electron chi connectivity index (χ4n) is 1.03. The minimum atomic E-state index is -1.02. The monoisotopic (exact) mass is 339 g/mol. The first-order valence-corrected chi connectivity index (χ1v) is 5.49. The highest BCUT2D eigenvalue weighted by Crippen LogP contribution is 2.30. The SMILES string of the molecule is O=CN[C@@H](CC(=O)O)c1cc(Br)c(Br)o1. The third-order valence-corrected chi connectivity index (χ3v) is 3.37. The summed E-state index contributed by atoms with van der Waals surface area (Å²) >= 11 is 6.32. The molecule has 0 aromatic carbocycles. The molecule has 7 heteroatoms. The molecule has 0 aliphatic rings. The Morgan fingerprint density at radius 1 is 1.67 bits per heavy atom. The largest absolute Gasteiger partial charge is 0.481 e. The highest BCUT2D eigenvalue weighted by atomic mass is 79.9. The normalized spacial score (nSPS) is 12.1. The molecule has 1 aromatic heterocycles. The molecule has 0 fully saturated rings. The van der Waals surface area contributed by atoms with Gasteiger partial charge >= 0.3 is 5.97 Å². The van der Waals surface area contributed by atoms with Crippen LogP contribution in [0, 0.1) is 0 Å². The zero-order valence-corrected chi connectivity index (χ0v) is 10.5. The molecule has 1 amide bonds. The Labute approximate surface area is 102 Å². The zero-order valence-electron chi connectivity index (χ0n) is 7.37. The first kappa shape index (κ1) is 12.3. The number of aliphatic carboxylic acids is 1. The first-order valence-electron chi connectivity index (χ1n) is 3.90. The van der Waals surface area contributed by atoms with E-state index in [1.54, 1.807) is 6.07 Å². The van der Waals surface area contributed by atoms with E-state index >= 15 is 0 Å². The quantitative estimate of drug-likeness (QED) is 0.804. The van der Waals surface area contributed by atoms with E-state index in [2.05, 4.69) is 37.2 Å². The summed E-state index contributed by atoms with van der Waals surface area (Å²) in [5, 5.41) is 11.0. The van der Waals surface area contributed by atoms with Gasteiger partial charge in [0.1, 0.15) is 5.76 Å². The van der Waals surface area contributed by atoms with Crippen LogP contribution in [0.5, 0.6) is 0 Å². The van der Waals surface area contributed by atoms with Crippen LogP contribution in [0.4, 0.5) is 0 Å². The van der Waals surface area contributed by atoms with Crippen LogP contribution in [0.25, 0.3) is 0 Å². The van der Waals surface area contributed by atoms with E-state index < -0.39 is 12.0 Å². The summed E-state index contributed by atoms with van der Waals surface area (Å²) in [5.74, 6) is -0.638. The van der Waals surface area contributed by atoms with Crippen molar-refractivity contribution in [3.8, 4) is 0 Å². The number of furan rings is 1. The molecule has 0 saturated carbocycles. The number of hydrogen-bond acceptors (Lipinski definition) is 3. The number of carbonyl (C=O) groups is 2. The molecule has 2 N–H and O–H groups in total. The number of amides is 1. The van der Waals surface area contributed by atoms with E-state index in [1.165, 1.54) is 0 Å². The molecule has 0 aliphatic heterocycles. The van der Waals surface area contributed by atoms with Gasteiger partial charge in [0.05, 0.1) is 16.9 Å². The predicted molar refractivity (Wildman–Crippen MR) is 58.3 cm³/mol. The van der Waals surface area contributed by atoms with Crippen molar-refractivity contribution in [3.05, 3.63) is 21.0 Å². The predicted octanol–water partition coefficient (Wildman–Crippen LogP) is 2.07. The lowest BCUT2D eigenvalue weighted by molar-refractivity contribution is -0.137. The van der Waals surface area contributed by atoms with Gasteiger partial charge in [-0.05, 0) is 37.9 Å². The van der Waals surface area contributed by atoms with Gasteiger partial charge in [0, 0.05) is 0 Å². The maximum Gasteiger partial charge on any atom is 0.305 e. The summed E-state index contributed by atoms with van der Waals surface area (Å²) in [6, 6.07) is 0.941. The Hall–Kier alpha value is -0.820. The van der Waals surface area contributed by atoms with Crippen LogP contribution in [0.15, 0.2) is 19.6 Å². The highest BCUT2D eigenvalue weighted by molar-refractivity contribution is 9.13. The van der Waals surface area contributed by atoms with Gasteiger partial charge in [-0.1, -0.05) is 0 Å². The molecule has 0 saturated heterocycles. The van der Waals surface area contributed by atoms with Gasteiger partial charge in [0.15, 0.2) is 4.67 Å². The van der Waals surface area contributed by atoms with Gasteiger partial charge < -0.3 is 14.8 Å². The lowest BCUT2D eigenvalue weighted by Crippen LogP contribution is -2.21. The van der Waals surface area contributed by atoms with Crippen molar-refractivity contribution in [2.45, 2.75) is 12.5 Å². The van der Waals surface area contributed by atoms with Crippen LogP contribution < -0.4 is 5.32 Å². The summed E-state index contributed by atoms with van der Waals surface area (Å²) in [6.45, 7) is 0. The van der Waals surface area contributed by atoms with Gasteiger partial charge in [0.2, 0.25) is 6.41 Å². The molecular formula is C8H7Br2NO4. The average molecular weight is 341 g/mol. The topological polar surface area (TPSA) is 79.5 Å². The van der Waals surface area contributed by atoms with Crippen LogP contribution >= 0.6 is 31.9 Å². The Balaban J connectivity index is 2.87. The van der Waals surface area contributed by atoms with E-state index in [9.17, 15) is 9.59 Å². The second kappa shape index (κ2) is 5.32. The molecule has 0 radical (unpaired) electrons. The third-order valence-electron chi connectivity index (χ3n) is 1.66. The zero-order chi connectivity index (χ0) is 11.4. The van der Waals surface area contributed by atoms with Gasteiger partial charge in [-0.15, -0.1) is 0 Å². The van der Waals surface area contributed by atoms with Gasteiger partial charge in [-0.2, -0.15) is 0 Å². The molecular weight excluding hydrogens is 334 g/mol. The number of carbonyl (C=O) groups excluding carboxylic acids is 1. The Morgan fingerprint density at radius 3 is 2.73 bits per heavy atom. The van der Waals surface area contributed by atoms with E-state index in [0.717, 1.165) is 0 Å². The summed E-state index contributed by atoms with van der Waals surface area (Å²) in [4.78, 5) is 20.8. The lowest BCUT2D eigenvalue weighted by atomic mass is 10.1. The summed E-state index contributed by atoms with van der Waals surface area (Å²) in [5.41, 5.74) is 0. The molecule has 5 nitrogen and oxygen atoms in total. The van der Waals surface area contributed by atoms with Crippen molar-refractivity contribution in [2.75, 3.05) is 0 Å². The van der Waals surface area contributed by atoms with Crippen molar-refractivity contribution in [2.24, 2.45) is 0 Å². The molecule has 0 bridgehead atoms. The smallest absolute Gasteiger partial charge is 0.305 e. The fourth-order valence-corrected chi connectivity index (χ4v) is 1.64. The third kappa shape index (κ3) is 3.35. The van der Waals surface area contributed by atoms with E-state index in [1.807, 2.05) is 0 Å². The van der Waals surface area contributed by atoms with Crippen LogP contribution in [-0.2, 0) is 9.59 Å². The van der Waals surface area contributed by atoms with Crippen LogP contribution in [0.2, 0.25) is 0 Å². The number of hydrogen-bond donors (Lipinski definition) is 2. The van der Waals surface area contributed by atoms with Crippen molar-refractivity contribution >= 4 is 44.2 Å². The van der Waals surface area contributed by atoms with Gasteiger partial charge in [-0.3, -0.25) is 9.59 Å². The number of nitrogens with one attached hydrogen (secondary N) is 1. The second-order valence-corrected chi connectivity index (χ2v) is 4.28. The molecule has 0 spiro atoms. The van der Waals surface area contributed by atoms with Gasteiger partial charge in [-0.25, -0.2) is 0 Å². The number of halogens is 2. The minimum Gasteiger partial charge on any atom is -0.481 e. The molecule has 1 aromatic rings. The molecule has 82 valence electrons. The molecule has 1 heterocycles. The number of rotatable bonds is 5. The lowest BCUT2D eigenvalue weighted by Gasteiger charge is -2.09. The van der Waals surface area contributed by atoms with Crippen molar-refractivity contribution < 1.29 is 19.1 Å². The van der Waals surface area contributed by atoms with Crippen molar-refractivity contribution in [1.82, 2.24) is 5.32 Å². The minimum absolute atomic E-state index is 0.231. The second-order valence-electron chi connectivity index (χ2n) is 2.71. The molecule has 1 atom stereocenters. The Morgan fingerprint density at radius 2 is 2.33 bits per heavy atom. The van der Waals surface area contributed by atoms with E-state index in [0.29, 0.717) is 21.3 Å². The molecule has 15 heavy (non-hydrogen) atoms. The van der Waals surface area contributed by atoms with Crippen LogP contribution in [-0.4, -0.2) is 17.5 Å². The number of carboxylic acids is 1. The van der Waals surface area contributed by atoms with Gasteiger partial charge in [0.25, 0.3) is 0 Å². The Kier molecular flexibility index (Phi) is 4.34. The van der Waals surface area contributed by atoms with Crippen LogP contribution in [0.1, 0.15) is 18.2 Å². The maximum absolute atomic E-state index is 10.5. The van der Waals surface area contributed by atoms with E-state index in [-0.39, 0.29) is 6.42 Å². The standard InChI is InChI=1S/C8H7Br2NO4/c9-4-1-6(15-8(4)10)5(11-3-12)2-7(13)14/h1,3,5H,2H2,(H,11,12)(H,13,14)/t5-/m0/s1. The highest BCUT2D eigenvalue weighted by Gasteiger charge is 2.19. The fraction of sp³-hybridized carbons (Fsp3) is 0.250. The van der Waals surface area contributed by atoms with Crippen molar-refractivity contribution in [1.29, 1.82) is 0 Å². The Bertz CT molecular complexity index is 357. The summed E-state index contributed by atoms with van der Waals surface area (Å²) < 4.78 is 6.34. The van der Waals surface area contributed by atoms with Crippen LogP contribution in [0.3, 0.4) is 0 Å². The molecule has 0 aliphatic carbocycles. The summed E-state index contributed by atoms with van der Waals surface area (Å²) in [7, 11) is 0. The molecule has 1 rings (SSSR count). The number of carboxylic acid groups (broad SMARTS) is 1.